The first kappa shape index (κ1) is 24.9. The second-order valence-electron chi connectivity index (χ2n) is 9.17. The summed E-state index contributed by atoms with van der Waals surface area (Å²) in [5.74, 6) is 2.72. The molecule has 31 heavy (non-hydrogen) atoms. The number of hydrogen-bond acceptors (Lipinski definition) is 5. The summed E-state index contributed by atoms with van der Waals surface area (Å²) < 4.78 is 7.48. The van der Waals surface area contributed by atoms with E-state index in [1.165, 1.54) is 0 Å². The van der Waals surface area contributed by atoms with Gasteiger partial charge < -0.3 is 20.7 Å². The average Bonchev–Trinajstić information content (AvgIpc) is 3.12. The smallest absolute Gasteiger partial charge is 0.408 e. The van der Waals surface area contributed by atoms with E-state index in [9.17, 15) is 4.79 Å². The van der Waals surface area contributed by atoms with E-state index >= 15 is 0 Å². The molecule has 1 aromatic heterocycles. The normalized spacial score (nSPS) is 17.1. The summed E-state index contributed by atoms with van der Waals surface area (Å²) in [4.78, 5) is 21.8. The van der Waals surface area contributed by atoms with Crippen molar-refractivity contribution < 1.29 is 9.53 Å². The molecular weight excluding hydrogens is 394 g/mol. The molecule has 0 bridgehead atoms. The van der Waals surface area contributed by atoms with Crippen molar-refractivity contribution >= 4 is 12.1 Å². The van der Waals surface area contributed by atoms with Crippen LogP contribution in [0.25, 0.3) is 0 Å². The standard InChI is InChI=1S/C22H41N7O2/c1-8-17-26-18-13-12-16(14-29(18)28-17)25-19(23-11-4)24-15-22(9-2,10-3)27-20(30)31-21(5,6)7/h16H,8-15H2,1-7H3,(H,27,30)(H2,23,24,25). The molecule has 0 aliphatic carbocycles. The third-order valence-electron chi connectivity index (χ3n) is 5.56. The monoisotopic (exact) mass is 435 g/mol. The molecule has 9 nitrogen and oxygen atoms in total. The lowest BCUT2D eigenvalue weighted by Crippen LogP contribution is -2.53. The number of alkyl carbamates (subject to hydrolysis) is 1. The number of aromatic nitrogens is 3. The molecule has 2 rings (SSSR count). The van der Waals surface area contributed by atoms with Gasteiger partial charge in [-0.3, -0.25) is 4.99 Å². The number of carbonyl (C=O) groups excluding carboxylic acids is 1. The minimum Gasteiger partial charge on any atom is -0.444 e. The minimum atomic E-state index is -0.532. The van der Waals surface area contributed by atoms with Gasteiger partial charge >= 0.3 is 6.09 Å². The number of fused-ring (bicyclic) bond motifs is 1. The molecule has 1 unspecified atom stereocenters. The minimum absolute atomic E-state index is 0.230. The second kappa shape index (κ2) is 10.8. The van der Waals surface area contributed by atoms with Crippen molar-refractivity contribution in [2.75, 3.05) is 13.1 Å². The highest BCUT2D eigenvalue weighted by atomic mass is 16.6. The second-order valence-corrected chi connectivity index (χ2v) is 9.17. The zero-order valence-electron chi connectivity index (χ0n) is 20.3. The number of rotatable bonds is 8. The Morgan fingerprint density at radius 3 is 2.52 bits per heavy atom. The Balaban J connectivity index is 2.06. The van der Waals surface area contributed by atoms with E-state index < -0.39 is 17.2 Å². The van der Waals surface area contributed by atoms with E-state index in [0.717, 1.165) is 62.8 Å². The van der Waals surface area contributed by atoms with E-state index in [1.807, 2.05) is 32.4 Å². The van der Waals surface area contributed by atoms with Crippen LogP contribution in [0.1, 0.15) is 79.4 Å². The Morgan fingerprint density at radius 1 is 1.23 bits per heavy atom. The quantitative estimate of drug-likeness (QED) is 0.428. The Kier molecular flexibility index (Phi) is 8.70. The van der Waals surface area contributed by atoms with Crippen molar-refractivity contribution in [3.63, 3.8) is 0 Å². The fourth-order valence-electron chi connectivity index (χ4n) is 3.58. The predicted molar refractivity (Wildman–Crippen MR) is 123 cm³/mol. The summed E-state index contributed by atoms with van der Waals surface area (Å²) in [7, 11) is 0. The van der Waals surface area contributed by atoms with Crippen LogP contribution < -0.4 is 16.0 Å². The fraction of sp³-hybridized carbons (Fsp3) is 0.818. The molecule has 0 fully saturated rings. The summed E-state index contributed by atoms with van der Waals surface area (Å²) in [6.45, 7) is 15.9. The molecule has 0 aromatic carbocycles. The van der Waals surface area contributed by atoms with E-state index in [4.69, 9.17) is 9.73 Å². The van der Waals surface area contributed by atoms with Gasteiger partial charge in [-0.25, -0.2) is 14.5 Å². The van der Waals surface area contributed by atoms with Crippen molar-refractivity contribution in [1.29, 1.82) is 0 Å². The van der Waals surface area contributed by atoms with E-state index in [1.54, 1.807) is 0 Å². The highest BCUT2D eigenvalue weighted by Gasteiger charge is 2.31. The number of aliphatic imine (C=N–C) groups is 1. The summed E-state index contributed by atoms with van der Waals surface area (Å²) in [5.41, 5.74) is -0.984. The highest BCUT2D eigenvalue weighted by Crippen LogP contribution is 2.18. The number of amides is 1. The first-order valence-corrected chi connectivity index (χ1v) is 11.6. The maximum absolute atomic E-state index is 12.4. The van der Waals surface area contributed by atoms with Gasteiger partial charge in [0.2, 0.25) is 0 Å². The highest BCUT2D eigenvalue weighted by molar-refractivity contribution is 5.80. The van der Waals surface area contributed by atoms with E-state index in [0.29, 0.717) is 6.54 Å². The number of aryl methyl sites for hydroxylation is 2. The Labute approximate surface area is 186 Å². The molecule has 9 heteroatoms. The van der Waals surface area contributed by atoms with Crippen LogP contribution >= 0.6 is 0 Å². The van der Waals surface area contributed by atoms with Crippen LogP contribution in [-0.2, 0) is 24.1 Å². The molecule has 2 heterocycles. The zero-order valence-corrected chi connectivity index (χ0v) is 20.3. The van der Waals surface area contributed by atoms with Gasteiger partial charge in [0.05, 0.1) is 18.6 Å². The van der Waals surface area contributed by atoms with Crippen molar-refractivity contribution in [1.82, 2.24) is 30.7 Å². The predicted octanol–water partition coefficient (Wildman–Crippen LogP) is 2.79. The lowest BCUT2D eigenvalue weighted by molar-refractivity contribution is 0.0452. The fourth-order valence-corrected chi connectivity index (χ4v) is 3.58. The number of nitrogens with zero attached hydrogens (tertiary/aromatic N) is 4. The van der Waals surface area contributed by atoms with Crippen LogP contribution in [0.4, 0.5) is 4.79 Å². The molecule has 0 spiro atoms. The number of carbonyl (C=O) groups is 1. The lowest BCUT2D eigenvalue weighted by Gasteiger charge is -2.33. The van der Waals surface area contributed by atoms with Gasteiger partial charge in [0, 0.05) is 25.4 Å². The van der Waals surface area contributed by atoms with E-state index in [2.05, 4.69) is 46.8 Å². The molecule has 1 atom stereocenters. The molecule has 0 saturated carbocycles. The molecule has 0 radical (unpaired) electrons. The van der Waals surface area contributed by atoms with E-state index in [-0.39, 0.29) is 6.04 Å². The third kappa shape index (κ3) is 7.40. The van der Waals surface area contributed by atoms with Crippen LogP contribution in [0, 0.1) is 0 Å². The SMILES string of the molecule is CCNC(=NCC(CC)(CC)NC(=O)OC(C)(C)C)NC1CCc2nc(CC)nn2C1. The molecule has 1 aliphatic rings. The van der Waals surface area contributed by atoms with Crippen LogP contribution in [0.2, 0.25) is 0 Å². The maximum atomic E-state index is 12.4. The van der Waals surface area contributed by atoms with Crippen LogP contribution in [0.15, 0.2) is 4.99 Å². The average molecular weight is 436 g/mol. The molecule has 1 amide bonds. The van der Waals surface area contributed by atoms with Crippen molar-refractivity contribution in [3.05, 3.63) is 11.6 Å². The molecule has 1 aromatic rings. The molecule has 1 aliphatic heterocycles. The van der Waals surface area contributed by atoms with Crippen LogP contribution in [0.3, 0.4) is 0 Å². The zero-order chi connectivity index (χ0) is 23.1. The number of guanidine groups is 1. The largest absolute Gasteiger partial charge is 0.444 e. The van der Waals surface area contributed by atoms with Gasteiger partial charge in [-0.05, 0) is 47.0 Å². The summed E-state index contributed by atoms with van der Waals surface area (Å²) in [6.07, 6.45) is 3.85. The Bertz CT molecular complexity index is 748. The van der Waals surface area contributed by atoms with Gasteiger partial charge in [-0.15, -0.1) is 0 Å². The van der Waals surface area contributed by atoms with Crippen molar-refractivity contribution in [2.45, 2.75) is 104 Å². The van der Waals surface area contributed by atoms with Crippen LogP contribution in [0.5, 0.6) is 0 Å². The maximum Gasteiger partial charge on any atom is 0.408 e. The van der Waals surface area contributed by atoms with Gasteiger partial charge in [-0.2, -0.15) is 5.10 Å². The van der Waals surface area contributed by atoms with Crippen molar-refractivity contribution in [2.24, 2.45) is 4.99 Å². The van der Waals surface area contributed by atoms with Crippen LogP contribution in [-0.4, -0.2) is 57.1 Å². The summed E-state index contributed by atoms with van der Waals surface area (Å²) in [6, 6.07) is 0.230. The first-order chi connectivity index (χ1) is 14.6. The van der Waals surface area contributed by atoms with Gasteiger partial charge in [0.1, 0.15) is 11.4 Å². The van der Waals surface area contributed by atoms with Crippen molar-refractivity contribution in [3.8, 4) is 0 Å². The van der Waals surface area contributed by atoms with Gasteiger partial charge in [-0.1, -0.05) is 20.8 Å². The van der Waals surface area contributed by atoms with Gasteiger partial charge in [0.15, 0.2) is 11.8 Å². The molecule has 0 saturated heterocycles. The number of hydrogen-bond donors (Lipinski definition) is 3. The summed E-state index contributed by atoms with van der Waals surface area (Å²) in [5, 5.41) is 14.5. The number of ether oxygens (including phenoxy) is 1. The lowest BCUT2D eigenvalue weighted by atomic mass is 9.93. The molecule has 3 N–H and O–H groups in total. The molecule has 176 valence electrons. The summed E-state index contributed by atoms with van der Waals surface area (Å²) >= 11 is 0. The first-order valence-electron chi connectivity index (χ1n) is 11.6. The Hall–Kier alpha value is -2.32. The topological polar surface area (TPSA) is 105 Å². The Morgan fingerprint density at radius 2 is 1.94 bits per heavy atom. The van der Waals surface area contributed by atoms with Gasteiger partial charge in [0.25, 0.3) is 0 Å². The third-order valence-corrected chi connectivity index (χ3v) is 5.56. The molecular formula is C22H41N7O2. The number of nitrogens with one attached hydrogen (secondary N) is 3.